The van der Waals surface area contributed by atoms with Crippen LogP contribution in [0.25, 0.3) is 0 Å². The molecule has 1 aromatic carbocycles. The largest absolute Gasteiger partial charge is 0.379 e. The van der Waals surface area contributed by atoms with Crippen LogP contribution in [-0.4, -0.2) is 18.1 Å². The number of carbonyl (C=O) groups is 1. The monoisotopic (exact) mass is 219 g/mol. The number of hydrogen-bond donors (Lipinski definition) is 1. The normalized spacial score (nSPS) is 17.8. The van der Waals surface area contributed by atoms with Gasteiger partial charge in [0.1, 0.15) is 0 Å². The van der Waals surface area contributed by atoms with E-state index in [2.05, 4.69) is 5.32 Å². The lowest BCUT2D eigenvalue weighted by Crippen LogP contribution is -2.06. The zero-order valence-corrected chi connectivity index (χ0v) is 9.43. The van der Waals surface area contributed by atoms with Crippen molar-refractivity contribution < 1.29 is 4.79 Å². The molecular weight excluding hydrogens is 206 g/mol. The summed E-state index contributed by atoms with van der Waals surface area (Å²) in [6.45, 7) is 2.97. The fourth-order valence-electron chi connectivity index (χ4n) is 1.40. The molecule has 1 aliphatic rings. The van der Waals surface area contributed by atoms with Crippen LogP contribution in [0.15, 0.2) is 35.4 Å². The summed E-state index contributed by atoms with van der Waals surface area (Å²) in [7, 11) is 0. The molecule has 0 unspecified atom stereocenters. The molecule has 0 bridgehead atoms. The molecule has 1 N–H and O–H groups in total. The van der Waals surface area contributed by atoms with Crippen LogP contribution in [0.5, 0.6) is 0 Å². The summed E-state index contributed by atoms with van der Waals surface area (Å²) in [6.07, 6.45) is 1.68. The smallest absolute Gasteiger partial charge is 0.188 e. The zero-order valence-electron chi connectivity index (χ0n) is 8.62. The minimum absolute atomic E-state index is 0.0758. The van der Waals surface area contributed by atoms with E-state index < -0.39 is 0 Å². The number of benzene rings is 1. The van der Waals surface area contributed by atoms with Crippen molar-refractivity contribution >= 4 is 17.5 Å². The first-order valence-electron chi connectivity index (χ1n) is 4.95. The highest BCUT2D eigenvalue weighted by Gasteiger charge is 2.09. The van der Waals surface area contributed by atoms with Crippen LogP contribution in [0, 0.1) is 6.92 Å². The molecule has 0 saturated carbocycles. The second kappa shape index (κ2) is 4.53. The van der Waals surface area contributed by atoms with Gasteiger partial charge < -0.3 is 5.32 Å². The van der Waals surface area contributed by atoms with Crippen molar-refractivity contribution in [3.8, 4) is 0 Å². The Labute approximate surface area is 93.8 Å². The summed E-state index contributed by atoms with van der Waals surface area (Å²) in [5.74, 6) is 1.12. The van der Waals surface area contributed by atoms with E-state index in [-0.39, 0.29) is 5.78 Å². The summed E-state index contributed by atoms with van der Waals surface area (Å²) in [4.78, 5) is 11.8. The molecule has 0 spiro atoms. The van der Waals surface area contributed by atoms with Gasteiger partial charge in [-0.3, -0.25) is 4.79 Å². The van der Waals surface area contributed by atoms with Gasteiger partial charge in [-0.2, -0.15) is 0 Å². The van der Waals surface area contributed by atoms with Gasteiger partial charge in [-0.15, -0.1) is 11.8 Å². The first-order chi connectivity index (χ1) is 7.25. The molecule has 0 radical (unpaired) electrons. The summed E-state index contributed by atoms with van der Waals surface area (Å²) in [5, 5.41) is 4.16. The SMILES string of the molecule is Cc1ccc(C(=O)/C=C2\NCCS2)cc1. The fraction of sp³-hybridized carbons (Fsp3) is 0.250. The van der Waals surface area contributed by atoms with Crippen molar-refractivity contribution in [3.05, 3.63) is 46.5 Å². The molecule has 0 atom stereocenters. The number of allylic oxidation sites excluding steroid dienone is 1. The maximum atomic E-state index is 11.8. The molecule has 2 rings (SSSR count). The Kier molecular flexibility index (Phi) is 3.11. The molecule has 78 valence electrons. The molecule has 3 heteroatoms. The Bertz CT molecular complexity index is 387. The van der Waals surface area contributed by atoms with E-state index in [1.807, 2.05) is 31.2 Å². The second-order valence-electron chi connectivity index (χ2n) is 3.51. The van der Waals surface area contributed by atoms with Gasteiger partial charge >= 0.3 is 0 Å². The first kappa shape index (κ1) is 10.3. The van der Waals surface area contributed by atoms with Crippen LogP contribution in [0.4, 0.5) is 0 Å². The van der Waals surface area contributed by atoms with Crippen LogP contribution in [0.3, 0.4) is 0 Å². The van der Waals surface area contributed by atoms with Gasteiger partial charge in [0, 0.05) is 23.9 Å². The standard InChI is InChI=1S/C12H13NOS/c1-9-2-4-10(5-3-9)11(14)8-12-13-6-7-15-12/h2-5,8,13H,6-7H2,1H3/b12-8+. The molecule has 1 heterocycles. The topological polar surface area (TPSA) is 29.1 Å². The third kappa shape index (κ3) is 2.63. The Balaban J connectivity index is 2.14. The zero-order chi connectivity index (χ0) is 10.7. The molecule has 1 aliphatic heterocycles. The summed E-state index contributed by atoms with van der Waals surface area (Å²) in [6, 6.07) is 7.66. The maximum Gasteiger partial charge on any atom is 0.188 e. The second-order valence-corrected chi connectivity index (χ2v) is 4.65. The van der Waals surface area contributed by atoms with E-state index in [1.165, 1.54) is 5.56 Å². The molecule has 15 heavy (non-hydrogen) atoms. The summed E-state index contributed by atoms with van der Waals surface area (Å²) < 4.78 is 0. The number of thioether (sulfide) groups is 1. The van der Waals surface area contributed by atoms with Gasteiger partial charge in [-0.05, 0) is 6.92 Å². The molecule has 2 nitrogen and oxygen atoms in total. The van der Waals surface area contributed by atoms with Crippen LogP contribution < -0.4 is 5.32 Å². The number of hydrogen-bond acceptors (Lipinski definition) is 3. The molecular formula is C12H13NOS. The van der Waals surface area contributed by atoms with Crippen molar-refractivity contribution in [2.24, 2.45) is 0 Å². The Morgan fingerprint density at radius 1 is 1.40 bits per heavy atom. The average Bonchev–Trinajstić information content (AvgIpc) is 2.71. The lowest BCUT2D eigenvalue weighted by atomic mass is 10.1. The van der Waals surface area contributed by atoms with Gasteiger partial charge in [0.15, 0.2) is 5.78 Å². The summed E-state index contributed by atoms with van der Waals surface area (Å²) >= 11 is 1.70. The number of rotatable bonds is 2. The quantitative estimate of drug-likeness (QED) is 0.611. The molecule has 1 saturated heterocycles. The Hall–Kier alpha value is -1.22. The van der Waals surface area contributed by atoms with E-state index in [0.717, 1.165) is 22.9 Å². The Morgan fingerprint density at radius 2 is 2.13 bits per heavy atom. The maximum absolute atomic E-state index is 11.8. The average molecular weight is 219 g/mol. The van der Waals surface area contributed by atoms with Gasteiger partial charge in [0.2, 0.25) is 0 Å². The minimum atomic E-state index is 0.0758. The fourth-order valence-corrected chi connectivity index (χ4v) is 2.22. The van der Waals surface area contributed by atoms with Crippen molar-refractivity contribution in [1.82, 2.24) is 5.32 Å². The third-order valence-electron chi connectivity index (χ3n) is 2.26. The van der Waals surface area contributed by atoms with Gasteiger partial charge in [-0.1, -0.05) is 29.8 Å². The third-order valence-corrected chi connectivity index (χ3v) is 3.24. The Morgan fingerprint density at radius 3 is 2.73 bits per heavy atom. The van der Waals surface area contributed by atoms with E-state index in [9.17, 15) is 4.79 Å². The van der Waals surface area contributed by atoms with Crippen molar-refractivity contribution in [1.29, 1.82) is 0 Å². The predicted molar refractivity (Wildman–Crippen MR) is 64.1 cm³/mol. The molecule has 1 fully saturated rings. The lowest BCUT2D eigenvalue weighted by molar-refractivity contribution is 0.104. The lowest BCUT2D eigenvalue weighted by Gasteiger charge is -1.99. The van der Waals surface area contributed by atoms with Gasteiger partial charge in [0.25, 0.3) is 0 Å². The van der Waals surface area contributed by atoms with E-state index in [1.54, 1.807) is 17.8 Å². The van der Waals surface area contributed by atoms with Crippen molar-refractivity contribution in [3.63, 3.8) is 0 Å². The van der Waals surface area contributed by atoms with Crippen LogP contribution >= 0.6 is 11.8 Å². The van der Waals surface area contributed by atoms with E-state index >= 15 is 0 Å². The predicted octanol–water partition coefficient (Wildman–Crippen LogP) is 2.36. The summed E-state index contributed by atoms with van der Waals surface area (Å²) in [5.41, 5.74) is 1.93. The number of carbonyl (C=O) groups excluding carboxylic acids is 1. The minimum Gasteiger partial charge on any atom is -0.379 e. The number of aryl methyl sites for hydroxylation is 1. The van der Waals surface area contributed by atoms with Crippen LogP contribution in [0.2, 0.25) is 0 Å². The van der Waals surface area contributed by atoms with Crippen LogP contribution in [0.1, 0.15) is 15.9 Å². The van der Waals surface area contributed by atoms with Crippen molar-refractivity contribution in [2.75, 3.05) is 12.3 Å². The van der Waals surface area contributed by atoms with Crippen LogP contribution in [-0.2, 0) is 0 Å². The highest BCUT2D eigenvalue weighted by atomic mass is 32.2. The van der Waals surface area contributed by atoms with Crippen molar-refractivity contribution in [2.45, 2.75) is 6.92 Å². The van der Waals surface area contributed by atoms with Gasteiger partial charge in [-0.25, -0.2) is 0 Å². The van der Waals surface area contributed by atoms with Gasteiger partial charge in [0.05, 0.1) is 5.03 Å². The molecule has 0 amide bonds. The number of ketones is 1. The number of nitrogens with one attached hydrogen (secondary N) is 1. The van der Waals surface area contributed by atoms with E-state index in [0.29, 0.717) is 0 Å². The highest BCUT2D eigenvalue weighted by molar-refractivity contribution is 8.03. The van der Waals surface area contributed by atoms with E-state index in [4.69, 9.17) is 0 Å². The first-order valence-corrected chi connectivity index (χ1v) is 5.93. The molecule has 0 aromatic heterocycles. The molecule has 0 aliphatic carbocycles. The molecule has 1 aromatic rings. The highest BCUT2D eigenvalue weighted by Crippen LogP contribution is 2.18.